The topological polar surface area (TPSA) is 80.5 Å². The fourth-order valence-electron chi connectivity index (χ4n) is 3.22. The Balaban J connectivity index is 1.54. The summed E-state index contributed by atoms with van der Waals surface area (Å²) in [4.78, 5) is 16.4. The van der Waals surface area contributed by atoms with Crippen molar-refractivity contribution >= 4 is 17.0 Å². The molecule has 148 valence electrons. The van der Waals surface area contributed by atoms with Crippen molar-refractivity contribution in [1.29, 1.82) is 0 Å². The van der Waals surface area contributed by atoms with Crippen molar-refractivity contribution < 1.29 is 13.2 Å². The Labute approximate surface area is 164 Å². The molecule has 0 unspecified atom stereocenters. The minimum atomic E-state index is -4.35. The van der Waals surface area contributed by atoms with Crippen molar-refractivity contribution in [2.24, 2.45) is 0 Å². The van der Waals surface area contributed by atoms with E-state index in [0.29, 0.717) is 29.9 Å². The van der Waals surface area contributed by atoms with Crippen LogP contribution in [0.3, 0.4) is 0 Å². The number of fused-ring (bicyclic) bond motifs is 1. The molecule has 4 rings (SSSR count). The van der Waals surface area contributed by atoms with Gasteiger partial charge in [-0.05, 0) is 54.8 Å². The lowest BCUT2D eigenvalue weighted by molar-refractivity contribution is -0.137. The van der Waals surface area contributed by atoms with Crippen LogP contribution in [0.1, 0.15) is 22.6 Å². The van der Waals surface area contributed by atoms with Gasteiger partial charge in [-0.15, -0.1) is 0 Å². The summed E-state index contributed by atoms with van der Waals surface area (Å²) >= 11 is 0. The molecule has 29 heavy (non-hydrogen) atoms. The Hall–Kier alpha value is -3.42. The molecule has 0 radical (unpaired) electrons. The second-order valence-corrected chi connectivity index (χ2v) is 6.91. The Morgan fingerprint density at radius 1 is 0.966 bits per heavy atom. The maximum Gasteiger partial charge on any atom is 0.416 e. The van der Waals surface area contributed by atoms with Crippen molar-refractivity contribution in [2.75, 3.05) is 5.73 Å². The molecule has 0 bridgehead atoms. The Bertz CT molecular complexity index is 1140. The van der Waals surface area contributed by atoms with Gasteiger partial charge in [0.05, 0.1) is 11.1 Å². The van der Waals surface area contributed by atoms with Gasteiger partial charge in [0.2, 0.25) is 0 Å². The summed E-state index contributed by atoms with van der Waals surface area (Å²) in [5, 5.41) is 0. The fourth-order valence-corrected chi connectivity index (χ4v) is 3.22. The number of nitrogens with two attached hydrogens (primary N) is 1. The van der Waals surface area contributed by atoms with Gasteiger partial charge in [-0.25, -0.2) is 15.0 Å². The number of imidazole rings is 1. The highest BCUT2D eigenvalue weighted by molar-refractivity contribution is 5.78. The maximum atomic E-state index is 12.7. The summed E-state index contributed by atoms with van der Waals surface area (Å²) in [7, 11) is 0. The van der Waals surface area contributed by atoms with Gasteiger partial charge >= 0.3 is 6.18 Å². The van der Waals surface area contributed by atoms with Crippen LogP contribution in [0.4, 0.5) is 19.0 Å². The van der Waals surface area contributed by atoms with Crippen LogP contribution in [0.5, 0.6) is 0 Å². The lowest BCUT2D eigenvalue weighted by Crippen LogP contribution is -2.03. The molecule has 3 aromatic heterocycles. The van der Waals surface area contributed by atoms with Gasteiger partial charge in [0.15, 0.2) is 5.65 Å². The molecular weight excluding hydrogens is 379 g/mol. The van der Waals surface area contributed by atoms with Crippen molar-refractivity contribution in [3.8, 4) is 11.1 Å². The first kappa shape index (κ1) is 18.9. The molecule has 5 nitrogen and oxygen atoms in total. The molecule has 0 fully saturated rings. The molecule has 4 aromatic rings. The number of H-pyrrole nitrogens is 1. The average molecular weight is 397 g/mol. The van der Waals surface area contributed by atoms with E-state index in [0.717, 1.165) is 40.3 Å². The van der Waals surface area contributed by atoms with E-state index in [1.807, 2.05) is 25.1 Å². The summed E-state index contributed by atoms with van der Waals surface area (Å²) in [6, 6.07) is 10.7. The Kier molecular flexibility index (Phi) is 4.70. The van der Waals surface area contributed by atoms with Gasteiger partial charge in [0.25, 0.3) is 0 Å². The van der Waals surface area contributed by atoms with Crippen LogP contribution in [-0.2, 0) is 19.0 Å². The highest BCUT2D eigenvalue weighted by Crippen LogP contribution is 2.31. The second kappa shape index (κ2) is 7.20. The molecular formula is C21H18F3N5. The zero-order valence-corrected chi connectivity index (χ0v) is 15.6. The predicted molar refractivity (Wildman–Crippen MR) is 105 cm³/mol. The van der Waals surface area contributed by atoms with Crippen LogP contribution in [0.2, 0.25) is 0 Å². The SMILES string of the molecule is Cc1cc(N)nc(CCc2nc3ncc(-c4ccc(C(F)(F)F)cc4)cc3[nH]2)c1. The van der Waals surface area contributed by atoms with Gasteiger partial charge in [0.1, 0.15) is 11.6 Å². The first-order chi connectivity index (χ1) is 13.8. The minimum absolute atomic E-state index is 0.493. The van der Waals surface area contributed by atoms with Crippen molar-refractivity contribution in [2.45, 2.75) is 25.9 Å². The first-order valence-corrected chi connectivity index (χ1v) is 9.03. The van der Waals surface area contributed by atoms with Gasteiger partial charge in [0, 0.05) is 23.9 Å². The summed E-state index contributed by atoms with van der Waals surface area (Å²) < 4.78 is 38.2. The molecule has 1 aromatic carbocycles. The second-order valence-electron chi connectivity index (χ2n) is 6.91. The molecule has 0 saturated heterocycles. The number of hydrogen-bond acceptors (Lipinski definition) is 4. The third-order valence-electron chi connectivity index (χ3n) is 4.59. The highest BCUT2D eigenvalue weighted by atomic mass is 19.4. The number of pyridine rings is 2. The molecule has 3 N–H and O–H groups in total. The number of benzene rings is 1. The number of nitrogens with one attached hydrogen (secondary N) is 1. The monoisotopic (exact) mass is 397 g/mol. The van der Waals surface area contributed by atoms with E-state index in [1.165, 1.54) is 12.1 Å². The fraction of sp³-hybridized carbons (Fsp3) is 0.190. The lowest BCUT2D eigenvalue weighted by atomic mass is 10.1. The summed E-state index contributed by atoms with van der Waals surface area (Å²) in [6.07, 6.45) is -1.42. The van der Waals surface area contributed by atoms with Gasteiger partial charge in [-0.3, -0.25) is 0 Å². The van der Waals surface area contributed by atoms with Crippen molar-refractivity contribution in [1.82, 2.24) is 19.9 Å². The van der Waals surface area contributed by atoms with Crippen LogP contribution in [0, 0.1) is 6.92 Å². The van der Waals surface area contributed by atoms with Crippen molar-refractivity contribution in [3.05, 3.63) is 71.3 Å². The smallest absolute Gasteiger partial charge is 0.384 e. The number of alkyl halides is 3. The highest BCUT2D eigenvalue weighted by Gasteiger charge is 2.30. The number of aromatic nitrogens is 4. The number of nitrogens with zero attached hydrogens (tertiary/aromatic N) is 3. The average Bonchev–Trinajstić information content (AvgIpc) is 3.07. The first-order valence-electron chi connectivity index (χ1n) is 9.03. The van der Waals surface area contributed by atoms with E-state index in [4.69, 9.17) is 5.73 Å². The maximum absolute atomic E-state index is 12.7. The standard InChI is InChI=1S/C21H18F3N5/c1-12-8-16(27-18(25)9-12)6-7-19-28-17-10-14(11-26-20(17)29-19)13-2-4-15(5-3-13)21(22,23)24/h2-5,8-11H,6-7H2,1H3,(H2,25,27)(H,26,28,29). The van der Waals surface area contributed by atoms with E-state index >= 15 is 0 Å². The molecule has 0 spiro atoms. The van der Waals surface area contributed by atoms with Crippen LogP contribution in [-0.4, -0.2) is 19.9 Å². The number of aromatic amines is 1. The summed E-state index contributed by atoms with van der Waals surface area (Å²) in [6.45, 7) is 1.97. The normalized spacial score (nSPS) is 11.9. The van der Waals surface area contributed by atoms with Crippen LogP contribution < -0.4 is 5.73 Å². The largest absolute Gasteiger partial charge is 0.416 e. The van der Waals surface area contributed by atoms with Crippen LogP contribution in [0.15, 0.2) is 48.7 Å². The van der Waals surface area contributed by atoms with E-state index in [1.54, 1.807) is 6.20 Å². The summed E-state index contributed by atoms with van der Waals surface area (Å²) in [5.41, 5.74) is 9.72. The molecule has 0 aliphatic carbocycles. The number of halogens is 3. The lowest BCUT2D eigenvalue weighted by Gasteiger charge is -2.07. The van der Waals surface area contributed by atoms with E-state index in [2.05, 4.69) is 19.9 Å². The Morgan fingerprint density at radius 3 is 2.41 bits per heavy atom. The van der Waals surface area contributed by atoms with Gasteiger partial charge in [-0.2, -0.15) is 13.2 Å². The molecule has 0 saturated carbocycles. The van der Waals surface area contributed by atoms with E-state index in [9.17, 15) is 13.2 Å². The third-order valence-corrected chi connectivity index (χ3v) is 4.59. The minimum Gasteiger partial charge on any atom is -0.384 e. The van der Waals surface area contributed by atoms with Crippen molar-refractivity contribution in [3.63, 3.8) is 0 Å². The Morgan fingerprint density at radius 2 is 1.72 bits per heavy atom. The summed E-state index contributed by atoms with van der Waals surface area (Å²) in [5.74, 6) is 1.26. The molecule has 0 aliphatic heterocycles. The van der Waals surface area contributed by atoms with Crippen LogP contribution >= 0.6 is 0 Å². The zero-order valence-electron chi connectivity index (χ0n) is 15.6. The quantitative estimate of drug-likeness (QED) is 0.522. The van der Waals surface area contributed by atoms with E-state index in [-0.39, 0.29) is 0 Å². The number of rotatable bonds is 4. The number of hydrogen-bond donors (Lipinski definition) is 2. The van der Waals surface area contributed by atoms with Gasteiger partial charge < -0.3 is 10.7 Å². The molecule has 8 heteroatoms. The predicted octanol–water partition coefficient (Wildman–Crippen LogP) is 4.71. The third kappa shape index (κ3) is 4.21. The molecule has 0 amide bonds. The number of aryl methyl sites for hydroxylation is 3. The molecule has 0 atom stereocenters. The van der Waals surface area contributed by atoms with Gasteiger partial charge in [-0.1, -0.05) is 12.1 Å². The number of anilines is 1. The van der Waals surface area contributed by atoms with Crippen LogP contribution in [0.25, 0.3) is 22.3 Å². The van der Waals surface area contributed by atoms with E-state index < -0.39 is 11.7 Å². The molecule has 0 aliphatic rings. The zero-order chi connectivity index (χ0) is 20.6. The molecule has 3 heterocycles. The number of nitrogen functional groups attached to an aromatic ring is 1.